The van der Waals surface area contributed by atoms with Gasteiger partial charge in [0.1, 0.15) is 5.54 Å². The lowest BCUT2D eigenvalue weighted by atomic mass is 9.86. The summed E-state index contributed by atoms with van der Waals surface area (Å²) in [5.41, 5.74) is 0.522. The summed E-state index contributed by atoms with van der Waals surface area (Å²) >= 11 is 0. The Labute approximate surface area is 165 Å². The number of amides is 1. The molecule has 2 heterocycles. The molecule has 142 valence electrons. The Hall–Kier alpha value is -2.37. The number of aromatic nitrogens is 2. The number of rotatable bonds is 4. The van der Waals surface area contributed by atoms with E-state index in [4.69, 9.17) is 0 Å². The first-order chi connectivity index (χ1) is 12.7. The molecule has 1 amide bonds. The zero-order valence-electron chi connectivity index (χ0n) is 15.4. The highest BCUT2D eigenvalue weighted by Gasteiger charge is 2.42. The topological polar surface area (TPSA) is 59.0 Å². The van der Waals surface area contributed by atoms with Crippen LogP contribution in [0.25, 0.3) is 10.8 Å². The molecule has 4 rings (SSSR count). The molecule has 1 unspecified atom stereocenters. The first-order valence-electron chi connectivity index (χ1n) is 9.20. The van der Waals surface area contributed by atoms with Crippen LogP contribution in [0.15, 0.2) is 60.9 Å². The Morgan fingerprint density at radius 2 is 1.89 bits per heavy atom. The Bertz CT molecular complexity index is 898. The Morgan fingerprint density at radius 1 is 1.15 bits per heavy atom. The van der Waals surface area contributed by atoms with Crippen LogP contribution in [0.4, 0.5) is 0 Å². The van der Waals surface area contributed by atoms with Crippen molar-refractivity contribution in [2.45, 2.75) is 31.3 Å². The first kappa shape index (κ1) is 19.4. The predicted octanol–water partition coefficient (Wildman–Crippen LogP) is 3.41. The van der Waals surface area contributed by atoms with E-state index in [1.54, 1.807) is 6.20 Å². The van der Waals surface area contributed by atoms with Gasteiger partial charge in [0.05, 0.1) is 6.04 Å². The van der Waals surface area contributed by atoms with E-state index in [2.05, 4.69) is 46.9 Å². The van der Waals surface area contributed by atoms with Crippen molar-refractivity contribution in [3.63, 3.8) is 0 Å². The predicted molar refractivity (Wildman–Crippen MR) is 110 cm³/mol. The number of piperidine rings is 1. The lowest BCUT2D eigenvalue weighted by Gasteiger charge is -2.37. The van der Waals surface area contributed by atoms with Gasteiger partial charge in [0.2, 0.25) is 5.91 Å². The lowest BCUT2D eigenvalue weighted by Crippen LogP contribution is -2.55. The van der Waals surface area contributed by atoms with Crippen LogP contribution in [0.2, 0.25) is 0 Å². The molecule has 27 heavy (non-hydrogen) atoms. The van der Waals surface area contributed by atoms with Crippen LogP contribution in [0.1, 0.15) is 31.4 Å². The molecule has 0 spiro atoms. The van der Waals surface area contributed by atoms with E-state index in [0.29, 0.717) is 0 Å². The van der Waals surface area contributed by atoms with E-state index in [0.717, 1.165) is 31.5 Å². The number of benzene rings is 2. The van der Waals surface area contributed by atoms with Crippen molar-refractivity contribution in [3.05, 3.63) is 66.5 Å². The van der Waals surface area contributed by atoms with Gasteiger partial charge in [0, 0.05) is 12.4 Å². The second-order valence-electron chi connectivity index (χ2n) is 7.00. The van der Waals surface area contributed by atoms with Gasteiger partial charge in [0.25, 0.3) is 0 Å². The minimum Gasteiger partial charge on any atom is -0.347 e. The summed E-state index contributed by atoms with van der Waals surface area (Å²) in [6.07, 6.45) is 5.12. The van der Waals surface area contributed by atoms with E-state index in [1.165, 1.54) is 10.8 Å². The molecular weight excluding hydrogens is 360 g/mol. The smallest absolute Gasteiger partial charge is 0.248 e. The average molecular weight is 385 g/mol. The van der Waals surface area contributed by atoms with Gasteiger partial charge in [-0.3, -0.25) is 9.48 Å². The summed E-state index contributed by atoms with van der Waals surface area (Å²) in [4.78, 5) is 13.3. The maximum absolute atomic E-state index is 13.3. The molecule has 0 radical (unpaired) electrons. The summed E-state index contributed by atoms with van der Waals surface area (Å²) < 4.78 is 1.83. The Kier molecular flexibility index (Phi) is 5.82. The van der Waals surface area contributed by atoms with Crippen molar-refractivity contribution in [2.24, 2.45) is 0 Å². The molecule has 1 aliphatic heterocycles. The monoisotopic (exact) mass is 384 g/mol. The minimum absolute atomic E-state index is 0. The van der Waals surface area contributed by atoms with E-state index in [-0.39, 0.29) is 24.4 Å². The van der Waals surface area contributed by atoms with E-state index in [1.807, 2.05) is 35.1 Å². The van der Waals surface area contributed by atoms with Gasteiger partial charge < -0.3 is 10.6 Å². The standard InChI is InChI=1S/C21H24N4O.ClH/c1-16(18-9-4-7-17-6-2-3-8-19(17)18)24-20(26)21(10-13-22-14-11-21)25-15-5-12-23-25;/h2-9,12,15-16,22H,10-11,13-14H2,1H3,(H,24,26);1H. The highest BCUT2D eigenvalue weighted by Crippen LogP contribution is 2.30. The summed E-state index contributed by atoms with van der Waals surface area (Å²) in [5, 5.41) is 13.4. The molecule has 0 aliphatic carbocycles. The molecule has 6 heteroatoms. The fourth-order valence-electron chi connectivity index (χ4n) is 3.96. The van der Waals surface area contributed by atoms with E-state index >= 15 is 0 Å². The highest BCUT2D eigenvalue weighted by atomic mass is 35.5. The third-order valence-corrected chi connectivity index (χ3v) is 5.43. The van der Waals surface area contributed by atoms with Crippen LogP contribution >= 0.6 is 12.4 Å². The normalized spacial score (nSPS) is 17.1. The molecule has 0 bridgehead atoms. The molecule has 1 atom stereocenters. The van der Waals surface area contributed by atoms with Crippen LogP contribution in [0, 0.1) is 0 Å². The van der Waals surface area contributed by atoms with Gasteiger partial charge >= 0.3 is 0 Å². The molecule has 1 aliphatic rings. The van der Waals surface area contributed by atoms with Crippen LogP contribution in [0.3, 0.4) is 0 Å². The van der Waals surface area contributed by atoms with Gasteiger partial charge in [-0.05, 0) is 55.3 Å². The number of carbonyl (C=O) groups is 1. The average Bonchev–Trinajstić information content (AvgIpc) is 3.23. The van der Waals surface area contributed by atoms with Crippen molar-refractivity contribution in [1.82, 2.24) is 20.4 Å². The molecule has 1 aromatic heterocycles. The van der Waals surface area contributed by atoms with Gasteiger partial charge in [-0.2, -0.15) is 5.10 Å². The van der Waals surface area contributed by atoms with Gasteiger partial charge in [-0.1, -0.05) is 42.5 Å². The van der Waals surface area contributed by atoms with Crippen molar-refractivity contribution < 1.29 is 4.79 Å². The van der Waals surface area contributed by atoms with Gasteiger partial charge in [0.15, 0.2) is 0 Å². The highest BCUT2D eigenvalue weighted by molar-refractivity contribution is 5.88. The zero-order chi connectivity index (χ0) is 18.0. The van der Waals surface area contributed by atoms with Crippen LogP contribution in [-0.4, -0.2) is 28.8 Å². The maximum atomic E-state index is 13.3. The molecule has 1 fully saturated rings. The zero-order valence-corrected chi connectivity index (χ0v) is 16.2. The molecule has 0 saturated carbocycles. The summed E-state index contributed by atoms with van der Waals surface area (Å²) in [5.74, 6) is 0.0446. The van der Waals surface area contributed by atoms with Crippen molar-refractivity contribution >= 4 is 29.1 Å². The Morgan fingerprint density at radius 3 is 2.63 bits per heavy atom. The largest absolute Gasteiger partial charge is 0.347 e. The number of carbonyl (C=O) groups excluding carboxylic acids is 1. The van der Waals surface area contributed by atoms with Crippen LogP contribution in [0.5, 0.6) is 0 Å². The number of fused-ring (bicyclic) bond motifs is 1. The molecular formula is C21H25ClN4O. The van der Waals surface area contributed by atoms with Gasteiger partial charge in [-0.25, -0.2) is 0 Å². The van der Waals surface area contributed by atoms with Crippen molar-refractivity contribution in [3.8, 4) is 0 Å². The number of nitrogens with one attached hydrogen (secondary N) is 2. The SMILES string of the molecule is CC(NC(=O)C1(n2cccn2)CCNCC1)c1cccc2ccccc12.Cl. The maximum Gasteiger partial charge on any atom is 0.248 e. The molecule has 3 aromatic rings. The summed E-state index contributed by atoms with van der Waals surface area (Å²) in [6.45, 7) is 3.68. The lowest BCUT2D eigenvalue weighted by molar-refractivity contribution is -0.132. The first-order valence-corrected chi connectivity index (χ1v) is 9.20. The van der Waals surface area contributed by atoms with Crippen molar-refractivity contribution in [1.29, 1.82) is 0 Å². The van der Waals surface area contributed by atoms with Crippen LogP contribution < -0.4 is 10.6 Å². The Balaban J connectivity index is 0.00000210. The minimum atomic E-state index is -0.617. The fraction of sp³-hybridized carbons (Fsp3) is 0.333. The van der Waals surface area contributed by atoms with Crippen molar-refractivity contribution in [2.75, 3.05) is 13.1 Å². The molecule has 2 aromatic carbocycles. The van der Waals surface area contributed by atoms with Crippen LogP contribution in [-0.2, 0) is 10.3 Å². The fourth-order valence-corrected chi connectivity index (χ4v) is 3.96. The molecule has 1 saturated heterocycles. The quantitative estimate of drug-likeness (QED) is 0.724. The summed E-state index contributed by atoms with van der Waals surface area (Å²) in [6, 6.07) is 16.3. The van der Waals surface area contributed by atoms with Gasteiger partial charge in [-0.15, -0.1) is 12.4 Å². The molecule has 2 N–H and O–H groups in total. The molecule has 5 nitrogen and oxygen atoms in total. The number of nitrogens with zero attached hydrogens (tertiary/aromatic N) is 2. The third kappa shape index (κ3) is 3.57. The third-order valence-electron chi connectivity index (χ3n) is 5.43. The number of hydrogen-bond donors (Lipinski definition) is 2. The second kappa shape index (κ2) is 8.11. The number of hydrogen-bond acceptors (Lipinski definition) is 3. The second-order valence-corrected chi connectivity index (χ2v) is 7.00. The van der Waals surface area contributed by atoms with E-state index < -0.39 is 5.54 Å². The summed E-state index contributed by atoms with van der Waals surface area (Å²) in [7, 11) is 0. The van der Waals surface area contributed by atoms with E-state index in [9.17, 15) is 4.79 Å². The number of halogens is 1.